The van der Waals surface area contributed by atoms with Gasteiger partial charge in [0.2, 0.25) is 5.91 Å². The minimum absolute atomic E-state index is 0.309. The molecule has 0 saturated heterocycles. The Morgan fingerprint density at radius 2 is 1.89 bits per heavy atom. The fraction of sp³-hybridized carbons (Fsp3) is 0.385. The largest absolute Gasteiger partial charge is 0.349 e. The van der Waals surface area contributed by atoms with E-state index in [1.165, 1.54) is 6.92 Å². The summed E-state index contributed by atoms with van der Waals surface area (Å²) in [5.41, 5.74) is 0.944. The number of hydrogen-bond donors (Lipinski definition) is 2. The van der Waals surface area contributed by atoms with Crippen LogP contribution in [-0.2, 0) is 26.9 Å². The van der Waals surface area contributed by atoms with Gasteiger partial charge in [0, 0.05) is 19.2 Å². The minimum Gasteiger partial charge on any atom is -0.349 e. The van der Waals surface area contributed by atoms with Crippen molar-refractivity contribution in [1.82, 2.24) is 10.6 Å². The van der Waals surface area contributed by atoms with Gasteiger partial charge in [0.05, 0.1) is 10.8 Å². The molecule has 0 saturated carbocycles. The van der Waals surface area contributed by atoms with Gasteiger partial charge in [-0.3, -0.25) is 13.8 Å². The highest BCUT2D eigenvalue weighted by molar-refractivity contribution is 7.86. The Bertz CT molecular complexity index is 462. The number of benzene rings is 1. The van der Waals surface area contributed by atoms with Crippen LogP contribution in [0.4, 0.5) is 0 Å². The second kappa shape index (κ2) is 7.68. The van der Waals surface area contributed by atoms with Crippen molar-refractivity contribution in [3.8, 4) is 0 Å². The smallest absolute Gasteiger partial charge is 0.256 e. The van der Waals surface area contributed by atoms with E-state index >= 15 is 0 Å². The van der Waals surface area contributed by atoms with Gasteiger partial charge in [-0.25, -0.2) is 0 Å². The minimum atomic E-state index is -1.42. The van der Waals surface area contributed by atoms with Crippen molar-refractivity contribution in [3.05, 3.63) is 35.9 Å². The predicted molar refractivity (Wildman–Crippen MR) is 74.6 cm³/mol. The molecule has 0 aliphatic carbocycles. The first kappa shape index (κ1) is 15.4. The third-order valence-electron chi connectivity index (χ3n) is 2.43. The lowest BCUT2D eigenvalue weighted by Crippen LogP contribution is -2.48. The summed E-state index contributed by atoms with van der Waals surface area (Å²) in [4.78, 5) is 23.0. The highest BCUT2D eigenvalue weighted by Crippen LogP contribution is 1.99. The predicted octanol–water partition coefficient (Wildman–Crippen LogP) is 0.534. The standard InChI is InChI=1S/C13H18N2O3S/c1-3-19(18)13(15-10(2)16)12(17)14-9-11-7-5-4-6-8-11/h4-8,13H,3,9H2,1-2H3,(H,14,17)(H,15,16). The topological polar surface area (TPSA) is 75.3 Å². The van der Waals surface area contributed by atoms with Crippen LogP contribution in [0.15, 0.2) is 30.3 Å². The molecule has 0 aromatic heterocycles. The van der Waals surface area contributed by atoms with Crippen LogP contribution in [0.25, 0.3) is 0 Å². The Kier molecular flexibility index (Phi) is 6.21. The first-order valence-electron chi connectivity index (χ1n) is 6.00. The molecule has 2 amide bonds. The number of nitrogens with one attached hydrogen (secondary N) is 2. The van der Waals surface area contributed by atoms with Gasteiger partial charge in [0.1, 0.15) is 0 Å². The number of carbonyl (C=O) groups is 2. The second-order valence-electron chi connectivity index (χ2n) is 3.95. The Morgan fingerprint density at radius 1 is 1.26 bits per heavy atom. The monoisotopic (exact) mass is 282 g/mol. The maximum atomic E-state index is 11.9. The number of rotatable bonds is 6. The zero-order chi connectivity index (χ0) is 14.3. The molecule has 1 aromatic rings. The Morgan fingerprint density at radius 3 is 2.42 bits per heavy atom. The summed E-state index contributed by atoms with van der Waals surface area (Å²) in [6, 6.07) is 9.39. The first-order chi connectivity index (χ1) is 9.04. The van der Waals surface area contributed by atoms with Crippen molar-refractivity contribution in [1.29, 1.82) is 0 Å². The van der Waals surface area contributed by atoms with E-state index in [1.54, 1.807) is 6.92 Å². The molecule has 0 heterocycles. The Balaban J connectivity index is 2.62. The highest BCUT2D eigenvalue weighted by atomic mass is 32.2. The molecule has 5 nitrogen and oxygen atoms in total. The number of amides is 2. The molecule has 0 bridgehead atoms. The van der Waals surface area contributed by atoms with Crippen molar-refractivity contribution in [2.24, 2.45) is 0 Å². The average Bonchev–Trinajstić information content (AvgIpc) is 2.42. The van der Waals surface area contributed by atoms with E-state index in [-0.39, 0.29) is 5.91 Å². The van der Waals surface area contributed by atoms with Crippen LogP contribution in [0.2, 0.25) is 0 Å². The van der Waals surface area contributed by atoms with Crippen molar-refractivity contribution < 1.29 is 13.8 Å². The van der Waals surface area contributed by atoms with Gasteiger partial charge in [-0.15, -0.1) is 0 Å². The zero-order valence-electron chi connectivity index (χ0n) is 11.0. The van der Waals surface area contributed by atoms with Crippen molar-refractivity contribution >= 4 is 22.6 Å². The fourth-order valence-corrected chi connectivity index (χ4v) is 2.43. The van der Waals surface area contributed by atoms with Gasteiger partial charge < -0.3 is 10.6 Å². The summed E-state index contributed by atoms with van der Waals surface area (Å²) in [6.07, 6.45) is 0. The van der Waals surface area contributed by atoms with Crippen molar-refractivity contribution in [2.45, 2.75) is 25.8 Å². The summed E-state index contributed by atoms with van der Waals surface area (Å²) in [5, 5.41) is 4.09. The molecule has 1 aromatic carbocycles. The molecule has 104 valence electrons. The molecule has 2 unspecified atom stereocenters. The zero-order valence-corrected chi connectivity index (χ0v) is 11.8. The molecule has 6 heteroatoms. The van der Waals surface area contributed by atoms with Crippen LogP contribution >= 0.6 is 0 Å². The molecule has 0 spiro atoms. The van der Waals surface area contributed by atoms with Gasteiger partial charge in [0.15, 0.2) is 5.37 Å². The second-order valence-corrected chi connectivity index (χ2v) is 5.76. The van der Waals surface area contributed by atoms with Crippen molar-refractivity contribution in [3.63, 3.8) is 0 Å². The van der Waals surface area contributed by atoms with Crippen LogP contribution in [0.5, 0.6) is 0 Å². The molecule has 2 N–H and O–H groups in total. The summed E-state index contributed by atoms with van der Waals surface area (Å²) in [6.45, 7) is 3.34. The van der Waals surface area contributed by atoms with Crippen molar-refractivity contribution in [2.75, 3.05) is 5.75 Å². The summed E-state index contributed by atoms with van der Waals surface area (Å²) >= 11 is 0. The first-order valence-corrected chi connectivity index (χ1v) is 7.38. The van der Waals surface area contributed by atoms with E-state index in [0.29, 0.717) is 12.3 Å². The van der Waals surface area contributed by atoms with Gasteiger partial charge in [0.25, 0.3) is 5.91 Å². The van der Waals surface area contributed by atoms with Gasteiger partial charge in [-0.05, 0) is 5.56 Å². The summed E-state index contributed by atoms with van der Waals surface area (Å²) < 4.78 is 11.7. The molecule has 0 aliphatic rings. The van der Waals surface area contributed by atoms with E-state index in [0.717, 1.165) is 5.56 Å². The molecule has 0 aliphatic heterocycles. The van der Waals surface area contributed by atoms with Gasteiger partial charge in [-0.2, -0.15) is 0 Å². The maximum Gasteiger partial charge on any atom is 0.256 e. The lowest BCUT2D eigenvalue weighted by atomic mass is 10.2. The highest BCUT2D eigenvalue weighted by Gasteiger charge is 2.24. The molecule has 0 radical (unpaired) electrons. The third kappa shape index (κ3) is 5.21. The van der Waals surface area contributed by atoms with Gasteiger partial charge >= 0.3 is 0 Å². The fourth-order valence-electron chi connectivity index (χ4n) is 1.48. The molecule has 2 atom stereocenters. The normalized spacial score (nSPS) is 13.4. The molecule has 19 heavy (non-hydrogen) atoms. The molecular weight excluding hydrogens is 264 g/mol. The van der Waals surface area contributed by atoms with Crippen LogP contribution in [0.1, 0.15) is 19.4 Å². The molecular formula is C13H18N2O3S. The van der Waals surface area contributed by atoms with Crippen LogP contribution in [0, 0.1) is 0 Å². The molecule has 1 rings (SSSR count). The SMILES string of the molecule is CCS(=O)C(NC(C)=O)C(=O)NCc1ccccc1. The van der Waals surface area contributed by atoms with E-state index in [1.807, 2.05) is 30.3 Å². The number of carbonyl (C=O) groups excluding carboxylic acids is 2. The number of hydrogen-bond acceptors (Lipinski definition) is 3. The quantitative estimate of drug-likeness (QED) is 0.799. The van der Waals surface area contributed by atoms with E-state index < -0.39 is 22.1 Å². The Labute approximate surface area is 115 Å². The average molecular weight is 282 g/mol. The van der Waals surface area contributed by atoms with Crippen LogP contribution < -0.4 is 10.6 Å². The lowest BCUT2D eigenvalue weighted by molar-refractivity contribution is -0.126. The van der Waals surface area contributed by atoms with E-state index in [2.05, 4.69) is 10.6 Å². The molecule has 0 fully saturated rings. The van der Waals surface area contributed by atoms with E-state index in [4.69, 9.17) is 0 Å². The maximum absolute atomic E-state index is 11.9. The van der Waals surface area contributed by atoms with Crippen LogP contribution in [-0.4, -0.2) is 27.1 Å². The van der Waals surface area contributed by atoms with Crippen LogP contribution in [0.3, 0.4) is 0 Å². The lowest BCUT2D eigenvalue weighted by Gasteiger charge is -2.16. The summed E-state index contributed by atoms with van der Waals surface area (Å²) in [5.74, 6) is -0.495. The summed E-state index contributed by atoms with van der Waals surface area (Å²) in [7, 11) is -1.42. The van der Waals surface area contributed by atoms with Gasteiger partial charge in [-0.1, -0.05) is 37.3 Å². The third-order valence-corrected chi connectivity index (χ3v) is 3.86. The van der Waals surface area contributed by atoms with E-state index in [9.17, 15) is 13.8 Å². The Hall–Kier alpha value is -1.69.